The minimum Gasteiger partial charge on any atom is -0.490 e. The van der Waals surface area contributed by atoms with Gasteiger partial charge in [0, 0.05) is 12.4 Å². The van der Waals surface area contributed by atoms with Gasteiger partial charge in [0.2, 0.25) is 0 Å². The zero-order chi connectivity index (χ0) is 39.5. The summed E-state index contributed by atoms with van der Waals surface area (Å²) in [7, 11) is 0. The zero-order valence-corrected chi connectivity index (χ0v) is 34.9. The van der Waals surface area contributed by atoms with Crippen LogP contribution in [0.5, 0.6) is 23.0 Å². The van der Waals surface area contributed by atoms with Crippen LogP contribution in [0.1, 0.15) is 153 Å². The highest BCUT2D eigenvalue weighted by molar-refractivity contribution is 5.75. The molecule has 2 aromatic carbocycles. The molecule has 0 N–H and O–H groups in total. The standard InChI is InChI=1S/C50H68N2O4/c1-5-9-13-17-33-53-47-27-25-41(39-49(47)55-35-19-15-11-7-3)21-23-43-29-31-51-45(37-43)46-38-44(30-32-52-46)24-22-42-26-28-48(54-34-18-14-10-6-2)50(40-42)56-36-20-16-12-8-4/h21-32,37-40H,5-20,33-36H2,1-4H3/b23-21+,24-22+. The largest absolute Gasteiger partial charge is 0.490 e. The first kappa shape index (κ1) is 44.1. The van der Waals surface area contributed by atoms with Crippen molar-refractivity contribution in [2.75, 3.05) is 26.4 Å². The smallest absolute Gasteiger partial charge is 0.161 e. The topological polar surface area (TPSA) is 62.7 Å². The summed E-state index contributed by atoms with van der Waals surface area (Å²) in [6, 6.07) is 20.7. The summed E-state index contributed by atoms with van der Waals surface area (Å²) in [4.78, 5) is 9.35. The Balaban J connectivity index is 1.44. The van der Waals surface area contributed by atoms with Gasteiger partial charge in [0.25, 0.3) is 0 Å². The predicted octanol–water partition coefficient (Wildman–Crippen LogP) is 14.3. The van der Waals surface area contributed by atoms with E-state index in [-0.39, 0.29) is 0 Å². The van der Waals surface area contributed by atoms with Crippen molar-refractivity contribution in [3.63, 3.8) is 0 Å². The van der Waals surface area contributed by atoms with E-state index in [2.05, 4.69) is 98.4 Å². The molecule has 0 saturated heterocycles. The van der Waals surface area contributed by atoms with Gasteiger partial charge in [-0.15, -0.1) is 0 Å². The first-order valence-corrected chi connectivity index (χ1v) is 21.7. The Labute approximate surface area is 338 Å². The number of ether oxygens (including phenoxy) is 4. The Morgan fingerprint density at radius 2 is 0.679 bits per heavy atom. The van der Waals surface area contributed by atoms with Crippen LogP contribution in [-0.4, -0.2) is 36.4 Å². The summed E-state index contributed by atoms with van der Waals surface area (Å²) in [6.07, 6.45) is 30.9. The first-order valence-electron chi connectivity index (χ1n) is 21.7. The summed E-state index contributed by atoms with van der Waals surface area (Å²) in [5, 5.41) is 0. The number of aromatic nitrogens is 2. The molecule has 0 atom stereocenters. The molecule has 0 spiro atoms. The van der Waals surface area contributed by atoms with Crippen LogP contribution in [0.2, 0.25) is 0 Å². The van der Waals surface area contributed by atoms with E-state index in [1.165, 1.54) is 77.0 Å². The van der Waals surface area contributed by atoms with Crippen LogP contribution in [0.4, 0.5) is 0 Å². The quantitative estimate of drug-likeness (QED) is 0.0514. The molecule has 6 heteroatoms. The third-order valence-electron chi connectivity index (χ3n) is 9.72. The van der Waals surface area contributed by atoms with Gasteiger partial charge in [0.05, 0.1) is 37.8 Å². The van der Waals surface area contributed by atoms with Gasteiger partial charge in [-0.1, -0.05) is 141 Å². The molecular weight excluding hydrogens is 693 g/mol. The van der Waals surface area contributed by atoms with Gasteiger partial charge in [0.15, 0.2) is 23.0 Å². The first-order chi connectivity index (χ1) is 27.6. The summed E-state index contributed by atoms with van der Waals surface area (Å²) >= 11 is 0. The second kappa shape index (κ2) is 27.1. The van der Waals surface area contributed by atoms with Crippen molar-refractivity contribution >= 4 is 24.3 Å². The van der Waals surface area contributed by atoms with E-state index in [1.807, 2.05) is 36.7 Å². The number of benzene rings is 2. The number of pyridine rings is 2. The van der Waals surface area contributed by atoms with Crippen molar-refractivity contribution < 1.29 is 18.9 Å². The van der Waals surface area contributed by atoms with Crippen LogP contribution in [-0.2, 0) is 0 Å². The number of rotatable bonds is 29. The van der Waals surface area contributed by atoms with Gasteiger partial charge in [-0.05, 0) is 96.5 Å². The van der Waals surface area contributed by atoms with Crippen LogP contribution in [0.3, 0.4) is 0 Å². The van der Waals surface area contributed by atoms with Crippen LogP contribution in [0.15, 0.2) is 73.1 Å². The molecule has 0 radical (unpaired) electrons. The van der Waals surface area contributed by atoms with Crippen LogP contribution in [0, 0.1) is 0 Å². The van der Waals surface area contributed by atoms with Crippen molar-refractivity contribution in [3.05, 3.63) is 95.3 Å². The van der Waals surface area contributed by atoms with Gasteiger partial charge >= 0.3 is 0 Å². The van der Waals surface area contributed by atoms with E-state index in [0.717, 1.165) is 82.3 Å². The molecule has 0 aliphatic carbocycles. The molecule has 0 aliphatic heterocycles. The SMILES string of the molecule is CCCCCCOc1ccc(/C=C/c2ccnc(-c3cc(/C=C/c4ccc(OCCCCCC)c(OCCCCCC)c4)ccn3)c2)cc1OCCCCCC. The Kier molecular flexibility index (Phi) is 21.4. The van der Waals surface area contributed by atoms with Crippen molar-refractivity contribution in [2.24, 2.45) is 0 Å². The molecule has 2 heterocycles. The Bertz CT molecular complexity index is 1610. The van der Waals surface area contributed by atoms with Crippen molar-refractivity contribution in [3.8, 4) is 34.4 Å². The van der Waals surface area contributed by atoms with E-state index in [1.54, 1.807) is 0 Å². The summed E-state index contributed by atoms with van der Waals surface area (Å²) in [6.45, 7) is 11.7. The average molecular weight is 761 g/mol. The van der Waals surface area contributed by atoms with Gasteiger partial charge in [-0.3, -0.25) is 9.97 Å². The molecule has 4 rings (SSSR count). The van der Waals surface area contributed by atoms with Crippen molar-refractivity contribution in [1.82, 2.24) is 9.97 Å². The minimum atomic E-state index is 0.698. The molecule has 0 fully saturated rings. The molecule has 56 heavy (non-hydrogen) atoms. The predicted molar refractivity (Wildman–Crippen MR) is 237 cm³/mol. The monoisotopic (exact) mass is 761 g/mol. The van der Waals surface area contributed by atoms with Crippen molar-refractivity contribution in [1.29, 1.82) is 0 Å². The highest BCUT2D eigenvalue weighted by Crippen LogP contribution is 2.32. The van der Waals surface area contributed by atoms with Crippen LogP contribution in [0.25, 0.3) is 35.7 Å². The van der Waals surface area contributed by atoms with E-state index in [4.69, 9.17) is 18.9 Å². The number of unbranched alkanes of at least 4 members (excludes halogenated alkanes) is 12. The molecule has 0 unspecified atom stereocenters. The second-order valence-corrected chi connectivity index (χ2v) is 14.7. The average Bonchev–Trinajstić information content (AvgIpc) is 3.23. The second-order valence-electron chi connectivity index (χ2n) is 14.7. The fourth-order valence-electron chi connectivity index (χ4n) is 6.33. The van der Waals surface area contributed by atoms with Crippen LogP contribution < -0.4 is 18.9 Å². The number of hydrogen-bond donors (Lipinski definition) is 0. The lowest BCUT2D eigenvalue weighted by atomic mass is 10.1. The lowest BCUT2D eigenvalue weighted by Gasteiger charge is -2.14. The summed E-state index contributed by atoms with van der Waals surface area (Å²) < 4.78 is 24.9. The third kappa shape index (κ3) is 16.6. The summed E-state index contributed by atoms with van der Waals surface area (Å²) in [5.41, 5.74) is 5.87. The van der Waals surface area contributed by atoms with Gasteiger partial charge < -0.3 is 18.9 Å². The third-order valence-corrected chi connectivity index (χ3v) is 9.72. The summed E-state index contributed by atoms with van der Waals surface area (Å²) in [5.74, 6) is 3.28. The molecule has 0 bridgehead atoms. The molecule has 0 aliphatic rings. The van der Waals surface area contributed by atoms with Crippen molar-refractivity contribution in [2.45, 2.75) is 130 Å². The fraction of sp³-hybridized carbons (Fsp3) is 0.480. The van der Waals surface area contributed by atoms with Gasteiger partial charge in [0.1, 0.15) is 0 Å². The van der Waals surface area contributed by atoms with E-state index in [0.29, 0.717) is 26.4 Å². The minimum absolute atomic E-state index is 0.698. The molecular formula is C50H68N2O4. The molecule has 0 saturated carbocycles. The highest BCUT2D eigenvalue weighted by atomic mass is 16.5. The maximum absolute atomic E-state index is 6.26. The van der Waals surface area contributed by atoms with Crippen LogP contribution >= 0.6 is 0 Å². The Morgan fingerprint density at radius 1 is 0.357 bits per heavy atom. The maximum atomic E-state index is 6.26. The number of nitrogens with zero attached hydrogens (tertiary/aromatic N) is 2. The van der Waals surface area contributed by atoms with Gasteiger partial charge in [-0.25, -0.2) is 0 Å². The fourth-order valence-corrected chi connectivity index (χ4v) is 6.33. The normalized spacial score (nSPS) is 11.4. The Morgan fingerprint density at radius 3 is 1.02 bits per heavy atom. The lowest BCUT2D eigenvalue weighted by molar-refractivity contribution is 0.259. The Hall–Kier alpha value is -4.58. The zero-order valence-electron chi connectivity index (χ0n) is 34.9. The highest BCUT2D eigenvalue weighted by Gasteiger charge is 2.09. The van der Waals surface area contributed by atoms with E-state index >= 15 is 0 Å². The number of hydrogen-bond acceptors (Lipinski definition) is 6. The molecule has 2 aromatic heterocycles. The molecule has 302 valence electrons. The molecule has 6 nitrogen and oxygen atoms in total. The molecule has 4 aromatic rings. The maximum Gasteiger partial charge on any atom is 0.161 e. The van der Waals surface area contributed by atoms with Gasteiger partial charge in [-0.2, -0.15) is 0 Å². The van der Waals surface area contributed by atoms with E-state index in [9.17, 15) is 0 Å². The van der Waals surface area contributed by atoms with E-state index < -0.39 is 0 Å². The lowest BCUT2D eigenvalue weighted by Crippen LogP contribution is -2.03. The molecule has 0 amide bonds.